The van der Waals surface area contributed by atoms with Gasteiger partial charge in [0.05, 0.1) is 6.10 Å². The van der Waals surface area contributed by atoms with Crippen LogP contribution >= 0.6 is 0 Å². The van der Waals surface area contributed by atoms with Crippen molar-refractivity contribution in [3.63, 3.8) is 0 Å². The number of hydrogen-bond acceptors (Lipinski definition) is 4. The summed E-state index contributed by atoms with van der Waals surface area (Å²) in [4.78, 5) is 23.4. The number of nitrogens with one attached hydrogen (secondary N) is 2. The van der Waals surface area contributed by atoms with Gasteiger partial charge in [0.1, 0.15) is 11.5 Å². The van der Waals surface area contributed by atoms with Crippen LogP contribution in [0.2, 0.25) is 0 Å². The molecule has 1 atom stereocenters. The molecule has 23 heavy (non-hydrogen) atoms. The molecular formula is C17H20N2O4. The number of aryl methyl sites for hydroxylation is 2. The smallest absolute Gasteiger partial charge is 0.313 e. The molecule has 1 heterocycles. The number of aliphatic hydroxyl groups excluding tert-OH is 1. The molecule has 0 radical (unpaired) electrons. The summed E-state index contributed by atoms with van der Waals surface area (Å²) in [5, 5.41) is 15.1. The minimum Gasteiger partial charge on any atom is -0.466 e. The van der Waals surface area contributed by atoms with Crippen molar-refractivity contribution in [1.82, 2.24) is 5.32 Å². The number of aliphatic hydroxyl groups is 1. The van der Waals surface area contributed by atoms with Crippen LogP contribution in [0.1, 0.15) is 29.6 Å². The molecule has 3 N–H and O–H groups in total. The lowest BCUT2D eigenvalue weighted by molar-refractivity contribution is -0.136. The Morgan fingerprint density at radius 2 is 1.87 bits per heavy atom. The molecule has 2 aromatic rings. The Morgan fingerprint density at radius 3 is 2.48 bits per heavy atom. The molecule has 6 nitrogen and oxygen atoms in total. The highest BCUT2D eigenvalue weighted by atomic mass is 16.3. The summed E-state index contributed by atoms with van der Waals surface area (Å²) >= 11 is 0. The summed E-state index contributed by atoms with van der Waals surface area (Å²) in [7, 11) is 0. The Hall–Kier alpha value is -2.60. The maximum Gasteiger partial charge on any atom is 0.313 e. The molecule has 0 fully saturated rings. The van der Waals surface area contributed by atoms with Gasteiger partial charge in [-0.05, 0) is 38.5 Å². The monoisotopic (exact) mass is 316 g/mol. The predicted molar refractivity (Wildman–Crippen MR) is 85.8 cm³/mol. The third-order valence-corrected chi connectivity index (χ3v) is 3.38. The van der Waals surface area contributed by atoms with Gasteiger partial charge in [-0.25, -0.2) is 0 Å². The number of anilines is 1. The molecule has 1 unspecified atom stereocenters. The fraction of sp³-hybridized carbons (Fsp3) is 0.294. The van der Waals surface area contributed by atoms with Crippen LogP contribution in [0.5, 0.6) is 0 Å². The van der Waals surface area contributed by atoms with Gasteiger partial charge in [-0.3, -0.25) is 9.59 Å². The molecule has 1 aromatic heterocycles. The standard InChI is InChI=1S/C17H20N2O4/c1-11-10-14(12(2)23-11)15(20)8-9-18-16(21)17(22)19-13-6-4-3-5-7-13/h3-7,10,15,20H,8-9H2,1-2H3,(H,18,21)(H,19,22). The average molecular weight is 316 g/mol. The zero-order chi connectivity index (χ0) is 16.8. The van der Waals surface area contributed by atoms with Gasteiger partial charge in [0.2, 0.25) is 0 Å². The molecule has 2 amide bonds. The first kappa shape index (κ1) is 16.8. The molecule has 0 aliphatic carbocycles. The number of para-hydroxylation sites is 1. The lowest BCUT2D eigenvalue weighted by atomic mass is 10.1. The predicted octanol–water partition coefficient (Wildman–Crippen LogP) is 2.07. The van der Waals surface area contributed by atoms with E-state index in [1.165, 1.54) is 0 Å². The number of carbonyl (C=O) groups excluding carboxylic acids is 2. The molecule has 0 saturated carbocycles. The van der Waals surface area contributed by atoms with Crippen molar-refractivity contribution in [3.8, 4) is 0 Å². The highest BCUT2D eigenvalue weighted by Crippen LogP contribution is 2.23. The SMILES string of the molecule is Cc1cc(C(O)CCNC(=O)C(=O)Nc2ccccc2)c(C)o1. The number of carbonyl (C=O) groups is 2. The van der Waals surface area contributed by atoms with E-state index in [0.29, 0.717) is 23.4 Å². The van der Waals surface area contributed by atoms with Crippen LogP contribution in [-0.4, -0.2) is 23.5 Å². The minimum atomic E-state index is -0.745. The fourth-order valence-corrected chi connectivity index (χ4v) is 2.25. The van der Waals surface area contributed by atoms with Gasteiger partial charge in [0, 0.05) is 17.8 Å². The van der Waals surface area contributed by atoms with E-state index < -0.39 is 17.9 Å². The molecule has 122 valence electrons. The molecule has 0 spiro atoms. The first-order valence-corrected chi connectivity index (χ1v) is 7.36. The van der Waals surface area contributed by atoms with Gasteiger partial charge < -0.3 is 20.2 Å². The van der Waals surface area contributed by atoms with Crippen LogP contribution in [0.15, 0.2) is 40.8 Å². The van der Waals surface area contributed by atoms with Crippen molar-refractivity contribution in [2.24, 2.45) is 0 Å². The van der Waals surface area contributed by atoms with Crippen LogP contribution in [0.3, 0.4) is 0 Å². The Kier molecular flexibility index (Phi) is 5.54. The van der Waals surface area contributed by atoms with Crippen molar-refractivity contribution >= 4 is 17.5 Å². The minimum absolute atomic E-state index is 0.186. The Balaban J connectivity index is 1.78. The summed E-state index contributed by atoms with van der Waals surface area (Å²) in [5.41, 5.74) is 1.25. The normalized spacial score (nSPS) is 11.8. The molecule has 6 heteroatoms. The summed E-state index contributed by atoms with van der Waals surface area (Å²) in [5.74, 6) is -0.0897. The summed E-state index contributed by atoms with van der Waals surface area (Å²) in [6.07, 6.45) is -0.450. The number of furan rings is 1. The van der Waals surface area contributed by atoms with Crippen molar-refractivity contribution in [2.45, 2.75) is 26.4 Å². The summed E-state index contributed by atoms with van der Waals surface area (Å²) < 4.78 is 5.36. The van der Waals surface area contributed by atoms with Crippen molar-refractivity contribution in [2.75, 3.05) is 11.9 Å². The maximum absolute atomic E-state index is 11.7. The van der Waals surface area contributed by atoms with Crippen LogP contribution < -0.4 is 10.6 Å². The van der Waals surface area contributed by atoms with Gasteiger partial charge in [-0.15, -0.1) is 0 Å². The van der Waals surface area contributed by atoms with E-state index in [-0.39, 0.29) is 6.54 Å². The summed E-state index contributed by atoms with van der Waals surface area (Å²) in [6.45, 7) is 3.77. The Bertz CT molecular complexity index is 679. The third kappa shape index (κ3) is 4.69. The first-order chi connectivity index (χ1) is 11.0. The molecule has 1 aromatic carbocycles. The van der Waals surface area contributed by atoms with E-state index in [1.807, 2.05) is 6.07 Å². The highest BCUT2D eigenvalue weighted by molar-refractivity contribution is 6.39. The number of amides is 2. The van der Waals surface area contributed by atoms with E-state index in [1.54, 1.807) is 44.2 Å². The lowest BCUT2D eigenvalue weighted by Gasteiger charge is -2.10. The number of benzene rings is 1. The second-order valence-electron chi connectivity index (χ2n) is 5.25. The van der Waals surface area contributed by atoms with Crippen molar-refractivity contribution < 1.29 is 19.1 Å². The zero-order valence-electron chi connectivity index (χ0n) is 13.1. The Morgan fingerprint density at radius 1 is 1.17 bits per heavy atom. The second-order valence-corrected chi connectivity index (χ2v) is 5.25. The molecular weight excluding hydrogens is 296 g/mol. The lowest BCUT2D eigenvalue weighted by Crippen LogP contribution is -2.36. The van der Waals surface area contributed by atoms with Crippen molar-refractivity contribution in [1.29, 1.82) is 0 Å². The quantitative estimate of drug-likeness (QED) is 0.736. The topological polar surface area (TPSA) is 91.6 Å². The van der Waals surface area contributed by atoms with Gasteiger partial charge in [-0.1, -0.05) is 18.2 Å². The van der Waals surface area contributed by atoms with Crippen LogP contribution in [0, 0.1) is 13.8 Å². The largest absolute Gasteiger partial charge is 0.466 e. The number of rotatable bonds is 5. The molecule has 0 aliphatic rings. The van der Waals surface area contributed by atoms with Gasteiger partial charge in [0.15, 0.2) is 0 Å². The van der Waals surface area contributed by atoms with Crippen LogP contribution in [-0.2, 0) is 9.59 Å². The van der Waals surface area contributed by atoms with E-state index >= 15 is 0 Å². The molecule has 0 saturated heterocycles. The third-order valence-electron chi connectivity index (χ3n) is 3.38. The van der Waals surface area contributed by atoms with Gasteiger partial charge in [0.25, 0.3) is 0 Å². The molecule has 0 aliphatic heterocycles. The highest BCUT2D eigenvalue weighted by Gasteiger charge is 2.17. The van der Waals surface area contributed by atoms with E-state index in [2.05, 4.69) is 10.6 Å². The molecule has 0 bridgehead atoms. The van der Waals surface area contributed by atoms with Crippen molar-refractivity contribution in [3.05, 3.63) is 53.5 Å². The zero-order valence-corrected chi connectivity index (χ0v) is 13.1. The van der Waals surface area contributed by atoms with Crippen LogP contribution in [0.4, 0.5) is 5.69 Å². The summed E-state index contributed by atoms with van der Waals surface area (Å²) in [6, 6.07) is 10.5. The number of hydrogen-bond donors (Lipinski definition) is 3. The van der Waals surface area contributed by atoms with Gasteiger partial charge in [-0.2, -0.15) is 0 Å². The van der Waals surface area contributed by atoms with E-state index in [0.717, 1.165) is 5.76 Å². The average Bonchev–Trinajstić information content (AvgIpc) is 2.86. The van der Waals surface area contributed by atoms with E-state index in [9.17, 15) is 14.7 Å². The van der Waals surface area contributed by atoms with Crippen LogP contribution in [0.25, 0.3) is 0 Å². The fourth-order valence-electron chi connectivity index (χ4n) is 2.25. The van der Waals surface area contributed by atoms with Gasteiger partial charge >= 0.3 is 11.8 Å². The second kappa shape index (κ2) is 7.60. The molecule has 2 rings (SSSR count). The van der Waals surface area contributed by atoms with E-state index in [4.69, 9.17) is 4.42 Å². The Labute approximate surface area is 134 Å². The maximum atomic E-state index is 11.7. The first-order valence-electron chi connectivity index (χ1n) is 7.36.